The molecule has 2 heterocycles. The monoisotopic (exact) mass is 474 g/mol. The van der Waals surface area contributed by atoms with Gasteiger partial charge in [-0.1, -0.05) is 0 Å². The van der Waals surface area contributed by atoms with Crippen LogP contribution in [0.3, 0.4) is 0 Å². The highest BCUT2D eigenvalue weighted by atomic mass is 32.2. The average Bonchev–Trinajstić information content (AvgIpc) is 2.69. The van der Waals surface area contributed by atoms with Crippen LogP contribution in [0.1, 0.15) is 6.92 Å². The fraction of sp³-hybridized carbons (Fsp3) is 0.938. The van der Waals surface area contributed by atoms with Gasteiger partial charge in [-0.2, -0.15) is 0 Å². The zero-order valence-electron chi connectivity index (χ0n) is 17.2. The average molecular weight is 474 g/mol. The van der Waals surface area contributed by atoms with Crippen molar-refractivity contribution in [2.75, 3.05) is 26.6 Å². The number of hydrogen-bond acceptors (Lipinski definition) is 12. The lowest BCUT2D eigenvalue weighted by atomic mass is 9.95. The van der Waals surface area contributed by atoms with E-state index >= 15 is 0 Å². The van der Waals surface area contributed by atoms with Crippen LogP contribution in [0.15, 0.2) is 0 Å². The Morgan fingerprint density at radius 1 is 0.968 bits per heavy atom. The van der Waals surface area contributed by atoms with Gasteiger partial charge in [0.05, 0.1) is 25.5 Å². The standard InChI is InChI=1S/C16H30N2O12S/c1-6(21)17-10-12(23)14(8(5-20)29-15(10)27-2)30-16-13(24)9(18-31(3,25)26)11(22)7(4-19)28-16/h7-16,18-20,22-24H,4-5H2,1-3H3,(H,17,21)/t7-,8-,9+,10-,11+,12-,13-,14-,15-,16+/m1/s1. The Morgan fingerprint density at radius 3 is 2.03 bits per heavy atom. The quantitative estimate of drug-likeness (QED) is 0.176. The molecule has 15 heteroatoms. The van der Waals surface area contributed by atoms with Crippen LogP contribution in [-0.4, -0.2) is 128 Å². The van der Waals surface area contributed by atoms with E-state index in [-0.39, 0.29) is 0 Å². The molecule has 1 amide bonds. The highest BCUT2D eigenvalue weighted by molar-refractivity contribution is 7.88. The SMILES string of the molecule is CO[C@@H]1O[C@H](CO)[C@@H](O[C@@H]2O[C@H](CO)[C@H](O)[C@H](NS(C)(=O)=O)[C@H]2O)[C@H](O)[C@H]1NC(C)=O. The highest BCUT2D eigenvalue weighted by Gasteiger charge is 2.51. The second-order valence-corrected chi connectivity index (χ2v) is 9.18. The van der Waals surface area contributed by atoms with Gasteiger partial charge in [-0.25, -0.2) is 13.1 Å². The van der Waals surface area contributed by atoms with Crippen molar-refractivity contribution in [1.29, 1.82) is 0 Å². The molecule has 10 atom stereocenters. The molecule has 2 rings (SSSR count). The number of hydrogen-bond donors (Lipinski definition) is 7. The normalized spacial score (nSPS) is 41.7. The predicted molar refractivity (Wildman–Crippen MR) is 101 cm³/mol. The Hall–Kier alpha value is -0.980. The summed E-state index contributed by atoms with van der Waals surface area (Å²) in [6.07, 6.45) is -10.7. The number of carbonyl (C=O) groups is 1. The number of nitrogens with one attached hydrogen (secondary N) is 2. The lowest BCUT2D eigenvalue weighted by Crippen LogP contribution is -2.69. The van der Waals surface area contributed by atoms with Crippen molar-refractivity contribution in [3.05, 3.63) is 0 Å². The molecule has 0 aromatic heterocycles. The van der Waals surface area contributed by atoms with Crippen molar-refractivity contribution in [2.45, 2.75) is 68.2 Å². The topological polar surface area (TPSA) is 213 Å². The van der Waals surface area contributed by atoms with E-state index < -0.39 is 90.4 Å². The van der Waals surface area contributed by atoms with Crippen molar-refractivity contribution in [3.63, 3.8) is 0 Å². The molecule has 2 saturated heterocycles. The minimum absolute atomic E-state index is 0.509. The molecule has 0 saturated carbocycles. The predicted octanol–water partition coefficient (Wildman–Crippen LogP) is -5.04. The molecule has 0 unspecified atom stereocenters. The summed E-state index contributed by atoms with van der Waals surface area (Å²) < 4.78 is 46.9. The molecular formula is C16H30N2O12S. The Morgan fingerprint density at radius 2 is 1.55 bits per heavy atom. The third-order valence-corrected chi connectivity index (χ3v) is 5.68. The molecule has 182 valence electrons. The maximum atomic E-state index is 11.6. The van der Waals surface area contributed by atoms with Gasteiger partial charge in [0.15, 0.2) is 12.6 Å². The third-order valence-electron chi connectivity index (χ3n) is 4.98. The molecule has 7 N–H and O–H groups in total. The maximum absolute atomic E-state index is 11.6. The summed E-state index contributed by atoms with van der Waals surface area (Å²) in [7, 11) is -2.61. The first kappa shape index (κ1) is 26.3. The van der Waals surface area contributed by atoms with Crippen molar-refractivity contribution in [1.82, 2.24) is 10.0 Å². The number of ether oxygens (including phenoxy) is 4. The molecule has 0 bridgehead atoms. The van der Waals surface area contributed by atoms with Gasteiger partial charge >= 0.3 is 0 Å². The van der Waals surface area contributed by atoms with Crippen LogP contribution in [-0.2, 0) is 33.8 Å². The second-order valence-electron chi connectivity index (χ2n) is 7.40. The van der Waals surface area contributed by atoms with Gasteiger partial charge in [-0.3, -0.25) is 4.79 Å². The van der Waals surface area contributed by atoms with E-state index in [1.54, 1.807) is 0 Å². The molecule has 0 aliphatic carbocycles. The van der Waals surface area contributed by atoms with Crippen molar-refractivity contribution >= 4 is 15.9 Å². The lowest BCUT2D eigenvalue weighted by molar-refractivity contribution is -0.336. The zero-order valence-corrected chi connectivity index (χ0v) is 18.0. The fourth-order valence-corrected chi connectivity index (χ4v) is 4.34. The van der Waals surface area contributed by atoms with E-state index in [0.717, 1.165) is 6.26 Å². The minimum atomic E-state index is -3.88. The number of methoxy groups -OCH3 is 1. The number of aliphatic hydroxyl groups excluding tert-OH is 5. The van der Waals surface area contributed by atoms with Gasteiger partial charge in [0.25, 0.3) is 0 Å². The van der Waals surface area contributed by atoms with E-state index in [1.807, 2.05) is 0 Å². The van der Waals surface area contributed by atoms with Crippen LogP contribution in [0.2, 0.25) is 0 Å². The molecule has 31 heavy (non-hydrogen) atoms. The van der Waals surface area contributed by atoms with Gasteiger partial charge in [0.2, 0.25) is 15.9 Å². The summed E-state index contributed by atoms with van der Waals surface area (Å²) in [5.41, 5.74) is 0. The van der Waals surface area contributed by atoms with E-state index in [9.17, 15) is 38.7 Å². The molecule has 0 radical (unpaired) electrons. The van der Waals surface area contributed by atoms with Crippen LogP contribution >= 0.6 is 0 Å². The number of amides is 1. The summed E-state index contributed by atoms with van der Waals surface area (Å²) in [4.78, 5) is 11.5. The van der Waals surface area contributed by atoms with E-state index in [2.05, 4.69) is 10.0 Å². The fourth-order valence-electron chi connectivity index (χ4n) is 3.57. The summed E-state index contributed by atoms with van der Waals surface area (Å²) in [5.74, 6) is -0.509. The molecule has 2 fully saturated rings. The first-order valence-corrected chi connectivity index (χ1v) is 11.3. The number of rotatable bonds is 8. The molecule has 14 nitrogen and oxygen atoms in total. The van der Waals surface area contributed by atoms with Gasteiger partial charge in [0.1, 0.15) is 42.7 Å². The maximum Gasteiger partial charge on any atom is 0.217 e. The van der Waals surface area contributed by atoms with Gasteiger partial charge in [-0.15, -0.1) is 0 Å². The first-order chi connectivity index (χ1) is 14.4. The van der Waals surface area contributed by atoms with E-state index in [0.29, 0.717) is 0 Å². The van der Waals surface area contributed by atoms with Crippen molar-refractivity contribution < 1.29 is 57.7 Å². The molecule has 2 aliphatic rings. The Balaban J connectivity index is 2.28. The van der Waals surface area contributed by atoms with Crippen LogP contribution in [0.5, 0.6) is 0 Å². The zero-order chi connectivity index (χ0) is 23.5. The summed E-state index contributed by atoms with van der Waals surface area (Å²) >= 11 is 0. The number of sulfonamides is 1. The first-order valence-electron chi connectivity index (χ1n) is 9.43. The van der Waals surface area contributed by atoms with E-state index in [1.165, 1.54) is 14.0 Å². The summed E-state index contributed by atoms with van der Waals surface area (Å²) in [5, 5.41) is 53.2. The molecular weight excluding hydrogens is 444 g/mol. The number of aliphatic hydroxyl groups is 5. The van der Waals surface area contributed by atoms with Gasteiger partial charge in [0, 0.05) is 14.0 Å². The van der Waals surface area contributed by atoms with Gasteiger partial charge < -0.3 is 49.8 Å². The Bertz CT molecular complexity index is 709. The van der Waals surface area contributed by atoms with Crippen LogP contribution in [0.4, 0.5) is 0 Å². The van der Waals surface area contributed by atoms with Gasteiger partial charge in [-0.05, 0) is 0 Å². The van der Waals surface area contributed by atoms with Crippen molar-refractivity contribution in [2.24, 2.45) is 0 Å². The molecule has 0 aromatic carbocycles. The summed E-state index contributed by atoms with van der Waals surface area (Å²) in [6, 6.07) is -2.61. The Labute approximate surface area is 179 Å². The Kier molecular flexibility index (Phi) is 9.12. The lowest BCUT2D eigenvalue weighted by Gasteiger charge is -2.47. The largest absolute Gasteiger partial charge is 0.394 e. The molecule has 0 aromatic rings. The third kappa shape index (κ3) is 6.29. The number of carbonyl (C=O) groups excluding carboxylic acids is 1. The smallest absolute Gasteiger partial charge is 0.217 e. The molecule has 2 aliphatic heterocycles. The van der Waals surface area contributed by atoms with Crippen LogP contribution in [0.25, 0.3) is 0 Å². The summed E-state index contributed by atoms with van der Waals surface area (Å²) in [6.45, 7) is -0.173. The molecule has 0 spiro atoms. The highest BCUT2D eigenvalue weighted by Crippen LogP contribution is 2.29. The van der Waals surface area contributed by atoms with Crippen LogP contribution in [0, 0.1) is 0 Å². The van der Waals surface area contributed by atoms with Crippen molar-refractivity contribution in [3.8, 4) is 0 Å². The van der Waals surface area contributed by atoms with Crippen LogP contribution < -0.4 is 10.0 Å². The second kappa shape index (κ2) is 10.8. The van der Waals surface area contributed by atoms with E-state index in [4.69, 9.17) is 18.9 Å². The minimum Gasteiger partial charge on any atom is -0.394 e.